The van der Waals surface area contributed by atoms with Gasteiger partial charge in [0.05, 0.1) is 17.3 Å². The standard InChI is InChI=1S/C15H9FN4S/c16-11-4-9(8-17)3-10(5-11)13-6-12(18)7-14(20-13)15-19-1-2-21-15/h1-7H,(H2,18,20). The minimum atomic E-state index is -0.482. The van der Waals surface area contributed by atoms with Crippen LogP contribution in [-0.2, 0) is 0 Å². The Morgan fingerprint density at radius 1 is 1.14 bits per heavy atom. The van der Waals surface area contributed by atoms with Crippen molar-refractivity contribution in [2.45, 2.75) is 0 Å². The second-order valence-electron chi connectivity index (χ2n) is 4.35. The molecule has 0 bridgehead atoms. The van der Waals surface area contributed by atoms with Gasteiger partial charge in [-0.15, -0.1) is 11.3 Å². The molecular formula is C15H9FN4S. The third-order valence-corrected chi connectivity index (χ3v) is 3.62. The van der Waals surface area contributed by atoms with E-state index < -0.39 is 5.82 Å². The number of nitriles is 1. The number of nitrogen functional groups attached to an aromatic ring is 1. The third kappa shape index (κ3) is 2.73. The summed E-state index contributed by atoms with van der Waals surface area (Å²) in [5.41, 5.74) is 8.29. The van der Waals surface area contributed by atoms with Gasteiger partial charge >= 0.3 is 0 Å². The number of nitrogens with zero attached hydrogens (tertiary/aromatic N) is 3. The lowest BCUT2D eigenvalue weighted by molar-refractivity contribution is 0.628. The quantitative estimate of drug-likeness (QED) is 0.785. The molecular weight excluding hydrogens is 287 g/mol. The van der Waals surface area contributed by atoms with Gasteiger partial charge in [0, 0.05) is 22.8 Å². The van der Waals surface area contributed by atoms with Crippen LogP contribution in [-0.4, -0.2) is 9.97 Å². The minimum absolute atomic E-state index is 0.241. The lowest BCUT2D eigenvalue weighted by Crippen LogP contribution is -1.94. The maximum absolute atomic E-state index is 13.6. The maximum atomic E-state index is 13.6. The highest BCUT2D eigenvalue weighted by molar-refractivity contribution is 7.13. The largest absolute Gasteiger partial charge is 0.399 e. The molecule has 3 rings (SSSR count). The molecule has 0 aliphatic heterocycles. The molecule has 21 heavy (non-hydrogen) atoms. The first kappa shape index (κ1) is 13.2. The van der Waals surface area contributed by atoms with Crippen molar-refractivity contribution in [3.8, 4) is 28.0 Å². The Kier molecular flexibility index (Phi) is 3.34. The van der Waals surface area contributed by atoms with E-state index in [0.29, 0.717) is 22.6 Å². The molecule has 0 fully saturated rings. The number of nitrogens with two attached hydrogens (primary N) is 1. The number of benzene rings is 1. The van der Waals surface area contributed by atoms with Gasteiger partial charge in [0.1, 0.15) is 16.5 Å². The Morgan fingerprint density at radius 2 is 1.95 bits per heavy atom. The van der Waals surface area contributed by atoms with E-state index in [1.54, 1.807) is 24.4 Å². The lowest BCUT2D eigenvalue weighted by Gasteiger charge is -2.06. The number of hydrogen-bond acceptors (Lipinski definition) is 5. The molecule has 1 aromatic carbocycles. The number of anilines is 1. The van der Waals surface area contributed by atoms with Crippen molar-refractivity contribution in [3.05, 3.63) is 53.3 Å². The zero-order valence-electron chi connectivity index (χ0n) is 10.7. The molecule has 0 unspecified atom stereocenters. The molecule has 0 radical (unpaired) electrons. The molecule has 0 amide bonds. The smallest absolute Gasteiger partial charge is 0.141 e. The number of aromatic nitrogens is 2. The van der Waals surface area contributed by atoms with Gasteiger partial charge in [-0.1, -0.05) is 0 Å². The average molecular weight is 296 g/mol. The van der Waals surface area contributed by atoms with Gasteiger partial charge in [-0.2, -0.15) is 5.26 Å². The van der Waals surface area contributed by atoms with E-state index in [-0.39, 0.29) is 5.56 Å². The maximum Gasteiger partial charge on any atom is 0.141 e. The van der Waals surface area contributed by atoms with Crippen LogP contribution in [0.2, 0.25) is 0 Å². The van der Waals surface area contributed by atoms with Crippen molar-refractivity contribution in [1.29, 1.82) is 5.26 Å². The second-order valence-corrected chi connectivity index (χ2v) is 5.24. The lowest BCUT2D eigenvalue weighted by atomic mass is 10.1. The molecule has 2 aromatic heterocycles. The van der Waals surface area contributed by atoms with Crippen LogP contribution in [0.3, 0.4) is 0 Å². The molecule has 0 saturated heterocycles. The van der Waals surface area contributed by atoms with Gasteiger partial charge in [0.15, 0.2) is 0 Å². The van der Waals surface area contributed by atoms with Crippen molar-refractivity contribution in [3.63, 3.8) is 0 Å². The molecule has 0 spiro atoms. The number of pyridine rings is 1. The summed E-state index contributed by atoms with van der Waals surface area (Å²) in [5, 5.41) is 11.5. The van der Waals surface area contributed by atoms with Crippen molar-refractivity contribution in [2.75, 3.05) is 5.73 Å². The zero-order valence-corrected chi connectivity index (χ0v) is 11.6. The fourth-order valence-electron chi connectivity index (χ4n) is 1.96. The number of rotatable bonds is 2. The van der Waals surface area contributed by atoms with Crippen LogP contribution >= 0.6 is 11.3 Å². The van der Waals surface area contributed by atoms with Crippen LogP contribution in [0.4, 0.5) is 10.1 Å². The molecule has 0 saturated carbocycles. The third-order valence-electron chi connectivity index (χ3n) is 2.82. The Balaban J connectivity index is 2.15. The van der Waals surface area contributed by atoms with E-state index >= 15 is 0 Å². The summed E-state index contributed by atoms with van der Waals surface area (Å²) in [6, 6.07) is 9.37. The Bertz CT molecular complexity index is 837. The fourth-order valence-corrected chi connectivity index (χ4v) is 2.56. The highest BCUT2D eigenvalue weighted by Crippen LogP contribution is 2.27. The van der Waals surface area contributed by atoms with Crippen LogP contribution in [0.5, 0.6) is 0 Å². The van der Waals surface area contributed by atoms with Crippen molar-refractivity contribution >= 4 is 17.0 Å². The van der Waals surface area contributed by atoms with E-state index in [0.717, 1.165) is 5.01 Å². The number of hydrogen-bond donors (Lipinski definition) is 1. The van der Waals surface area contributed by atoms with Gasteiger partial charge in [-0.05, 0) is 30.3 Å². The molecule has 4 nitrogen and oxygen atoms in total. The molecule has 2 N–H and O–H groups in total. The number of thiazole rings is 1. The van der Waals surface area contributed by atoms with Crippen LogP contribution in [0.15, 0.2) is 41.9 Å². The fraction of sp³-hybridized carbons (Fsp3) is 0. The molecule has 6 heteroatoms. The van der Waals surface area contributed by atoms with Crippen molar-refractivity contribution in [2.24, 2.45) is 0 Å². The van der Waals surface area contributed by atoms with Gasteiger partial charge in [-0.3, -0.25) is 0 Å². The Morgan fingerprint density at radius 3 is 2.67 bits per heavy atom. The summed E-state index contributed by atoms with van der Waals surface area (Å²) in [5.74, 6) is -0.482. The molecule has 102 valence electrons. The summed E-state index contributed by atoms with van der Waals surface area (Å²) < 4.78 is 13.6. The second kappa shape index (κ2) is 5.31. The van der Waals surface area contributed by atoms with Gasteiger partial charge < -0.3 is 5.73 Å². The minimum Gasteiger partial charge on any atom is -0.399 e. The summed E-state index contributed by atoms with van der Waals surface area (Å²) in [6.45, 7) is 0. The summed E-state index contributed by atoms with van der Waals surface area (Å²) in [4.78, 5) is 8.64. The van der Waals surface area contributed by atoms with Crippen LogP contribution in [0, 0.1) is 17.1 Å². The van der Waals surface area contributed by atoms with E-state index in [2.05, 4.69) is 9.97 Å². The highest BCUT2D eigenvalue weighted by Gasteiger charge is 2.09. The normalized spacial score (nSPS) is 10.3. The van der Waals surface area contributed by atoms with E-state index in [1.165, 1.54) is 23.5 Å². The highest BCUT2D eigenvalue weighted by atomic mass is 32.1. The summed E-state index contributed by atoms with van der Waals surface area (Å²) in [7, 11) is 0. The molecule has 0 aliphatic rings. The van der Waals surface area contributed by atoms with Crippen molar-refractivity contribution < 1.29 is 4.39 Å². The first-order valence-electron chi connectivity index (χ1n) is 6.04. The van der Waals surface area contributed by atoms with Crippen LogP contribution < -0.4 is 5.73 Å². The molecule has 3 aromatic rings. The van der Waals surface area contributed by atoms with Crippen molar-refractivity contribution in [1.82, 2.24) is 9.97 Å². The van der Waals surface area contributed by atoms with Crippen LogP contribution in [0.25, 0.3) is 22.0 Å². The molecule has 0 aliphatic carbocycles. The first-order valence-corrected chi connectivity index (χ1v) is 6.92. The average Bonchev–Trinajstić information content (AvgIpc) is 3.00. The zero-order chi connectivity index (χ0) is 14.8. The van der Waals surface area contributed by atoms with Crippen LogP contribution in [0.1, 0.15) is 5.56 Å². The number of halogens is 1. The predicted octanol–water partition coefficient (Wildman–Crippen LogP) is 3.47. The van der Waals surface area contributed by atoms with E-state index in [4.69, 9.17) is 11.0 Å². The Labute approximate surface area is 124 Å². The van der Waals surface area contributed by atoms with E-state index in [9.17, 15) is 4.39 Å². The topological polar surface area (TPSA) is 75.6 Å². The SMILES string of the molecule is N#Cc1cc(F)cc(-c2cc(N)cc(-c3nccs3)n2)c1. The van der Waals surface area contributed by atoms with Gasteiger partial charge in [0.25, 0.3) is 0 Å². The monoisotopic (exact) mass is 296 g/mol. The first-order chi connectivity index (χ1) is 10.2. The summed E-state index contributed by atoms with van der Waals surface area (Å²) >= 11 is 1.44. The summed E-state index contributed by atoms with van der Waals surface area (Å²) in [6.07, 6.45) is 1.68. The molecule has 2 heterocycles. The molecule has 0 atom stereocenters. The Hall–Kier alpha value is -2.78. The van der Waals surface area contributed by atoms with Gasteiger partial charge in [-0.25, -0.2) is 14.4 Å². The predicted molar refractivity (Wildman–Crippen MR) is 79.9 cm³/mol. The van der Waals surface area contributed by atoms with Gasteiger partial charge in [0.2, 0.25) is 0 Å². The van der Waals surface area contributed by atoms with E-state index in [1.807, 2.05) is 11.4 Å².